The van der Waals surface area contributed by atoms with Crippen molar-refractivity contribution < 1.29 is 4.79 Å². The molecule has 0 unspecified atom stereocenters. The molecule has 1 saturated heterocycles. The Labute approximate surface area is 95.3 Å². The van der Waals surface area contributed by atoms with Crippen molar-refractivity contribution in [3.05, 3.63) is 36.5 Å². The van der Waals surface area contributed by atoms with E-state index < -0.39 is 0 Å². The van der Waals surface area contributed by atoms with Crippen molar-refractivity contribution in [2.75, 3.05) is 17.3 Å². The summed E-state index contributed by atoms with van der Waals surface area (Å²) in [7, 11) is 0.340. The molecule has 0 aromatic carbocycles. The summed E-state index contributed by atoms with van der Waals surface area (Å²) in [5, 5.41) is 0. The van der Waals surface area contributed by atoms with Crippen molar-refractivity contribution >= 4 is 16.7 Å². The van der Waals surface area contributed by atoms with Crippen LogP contribution in [0.3, 0.4) is 0 Å². The lowest BCUT2D eigenvalue weighted by Crippen LogP contribution is -2.18. The van der Waals surface area contributed by atoms with Crippen molar-refractivity contribution in [3.63, 3.8) is 0 Å². The Balaban J connectivity index is 2.45. The molecule has 1 rings (SSSR count). The molecule has 0 aromatic heterocycles. The second-order valence-electron chi connectivity index (χ2n) is 3.91. The molecule has 2 heteroatoms. The second kappa shape index (κ2) is 5.96. The van der Waals surface area contributed by atoms with E-state index in [2.05, 4.69) is 13.2 Å². The number of hydrogen-bond acceptors (Lipinski definition) is 1. The van der Waals surface area contributed by atoms with Gasteiger partial charge in [0.05, 0.1) is 0 Å². The van der Waals surface area contributed by atoms with Crippen LogP contribution < -0.4 is 0 Å². The third kappa shape index (κ3) is 4.08. The van der Waals surface area contributed by atoms with E-state index in [0.29, 0.717) is 22.2 Å². The lowest BCUT2D eigenvalue weighted by molar-refractivity contribution is -0.112. The Kier molecular flexibility index (Phi) is 4.89. The molecule has 0 radical (unpaired) electrons. The van der Waals surface area contributed by atoms with Crippen molar-refractivity contribution in [1.29, 1.82) is 0 Å². The molecule has 15 heavy (non-hydrogen) atoms. The van der Waals surface area contributed by atoms with E-state index in [1.807, 2.05) is 13.0 Å². The molecule has 0 spiro atoms. The van der Waals surface area contributed by atoms with Crippen LogP contribution in [0, 0.1) is 0 Å². The molecule has 0 amide bonds. The molecule has 1 aliphatic heterocycles. The fourth-order valence-corrected chi connectivity index (χ4v) is 3.82. The summed E-state index contributed by atoms with van der Waals surface area (Å²) in [6.45, 7) is 9.41. The minimum Gasteiger partial charge on any atom is -0.289 e. The van der Waals surface area contributed by atoms with E-state index >= 15 is 0 Å². The highest BCUT2D eigenvalue weighted by atomic mass is 32.2. The van der Waals surface area contributed by atoms with Crippen LogP contribution in [0.4, 0.5) is 0 Å². The number of rotatable bonds is 5. The molecule has 0 aromatic rings. The summed E-state index contributed by atoms with van der Waals surface area (Å²) in [5.74, 6) is 3.40. The molecule has 0 bridgehead atoms. The molecule has 82 valence electrons. The van der Waals surface area contributed by atoms with Crippen molar-refractivity contribution in [2.24, 2.45) is 0 Å². The van der Waals surface area contributed by atoms with E-state index in [4.69, 9.17) is 0 Å². The molecular weight excluding hydrogens is 204 g/mol. The van der Waals surface area contributed by atoms with E-state index in [0.717, 1.165) is 5.57 Å². The van der Waals surface area contributed by atoms with Gasteiger partial charge in [0, 0.05) is 5.57 Å². The van der Waals surface area contributed by atoms with E-state index in [1.165, 1.54) is 24.3 Å². The summed E-state index contributed by atoms with van der Waals surface area (Å²) in [5.41, 5.74) is 1.63. The summed E-state index contributed by atoms with van der Waals surface area (Å²) in [6, 6.07) is 0. The van der Waals surface area contributed by atoms with Crippen LogP contribution in [-0.2, 0) is 15.7 Å². The van der Waals surface area contributed by atoms with Crippen molar-refractivity contribution in [3.8, 4) is 0 Å². The summed E-state index contributed by atoms with van der Waals surface area (Å²) < 4.78 is 0. The number of hydrogen-bond donors (Lipinski definition) is 0. The molecule has 0 aliphatic carbocycles. The minimum absolute atomic E-state index is 0.210. The summed E-state index contributed by atoms with van der Waals surface area (Å²) in [6.07, 6.45) is 6.17. The monoisotopic (exact) mass is 223 g/mol. The second-order valence-corrected chi connectivity index (χ2v) is 6.24. The van der Waals surface area contributed by atoms with Crippen molar-refractivity contribution in [1.82, 2.24) is 0 Å². The zero-order valence-corrected chi connectivity index (χ0v) is 10.2. The van der Waals surface area contributed by atoms with Gasteiger partial charge in [-0.25, -0.2) is 0 Å². The molecule has 1 fully saturated rings. The van der Waals surface area contributed by atoms with Crippen LogP contribution in [-0.4, -0.2) is 23.0 Å². The summed E-state index contributed by atoms with van der Waals surface area (Å²) in [4.78, 5) is 11.8. The number of ketones is 1. The minimum atomic E-state index is 0.210. The Bertz CT molecular complexity index is 296. The first kappa shape index (κ1) is 12.3. The third-order valence-corrected chi connectivity index (χ3v) is 4.94. The zero-order valence-electron chi connectivity index (χ0n) is 9.42. The first-order valence-corrected chi connectivity index (χ1v) is 7.03. The van der Waals surface area contributed by atoms with Gasteiger partial charge in [0.1, 0.15) is 11.5 Å². The topological polar surface area (TPSA) is 17.1 Å². The Hall–Kier alpha value is -0.760. The van der Waals surface area contributed by atoms with Gasteiger partial charge in [0.25, 0.3) is 0 Å². The molecule has 1 aliphatic rings. The average molecular weight is 223 g/mol. The van der Waals surface area contributed by atoms with Gasteiger partial charge in [-0.2, -0.15) is 0 Å². The highest BCUT2D eigenvalue weighted by Gasteiger charge is 2.27. The lowest BCUT2D eigenvalue weighted by Gasteiger charge is -2.01. The van der Waals surface area contributed by atoms with Crippen molar-refractivity contribution in [2.45, 2.75) is 19.8 Å². The SMILES string of the molecule is C=C/C(C)=C\C(=C)C(=O)C[S+]1CCCC1. The summed E-state index contributed by atoms with van der Waals surface area (Å²) >= 11 is 0. The standard InChI is InChI=1S/C13H19OS/c1-4-11(2)9-12(3)13(14)10-15-7-5-6-8-15/h4,9H,1,3,5-8,10H2,2H3/q+1/b11-9-. The lowest BCUT2D eigenvalue weighted by atomic mass is 10.1. The van der Waals surface area contributed by atoms with E-state index in [9.17, 15) is 4.79 Å². The Morgan fingerprint density at radius 1 is 1.40 bits per heavy atom. The average Bonchev–Trinajstić information content (AvgIpc) is 2.70. The quantitative estimate of drug-likeness (QED) is 0.398. The van der Waals surface area contributed by atoms with Crippen LogP contribution in [0.2, 0.25) is 0 Å². The van der Waals surface area contributed by atoms with E-state index in [1.54, 1.807) is 6.08 Å². The maximum Gasteiger partial charge on any atom is 0.211 e. The normalized spacial score (nSPS) is 17.8. The first-order chi connectivity index (χ1) is 7.13. The predicted molar refractivity (Wildman–Crippen MR) is 69.3 cm³/mol. The molecular formula is C13H19OS+. The molecule has 0 N–H and O–H groups in total. The van der Waals surface area contributed by atoms with Gasteiger partial charge in [-0.15, -0.1) is 0 Å². The zero-order chi connectivity index (χ0) is 11.3. The van der Waals surface area contributed by atoms with Crippen LogP contribution >= 0.6 is 0 Å². The van der Waals surface area contributed by atoms with Crippen LogP contribution in [0.25, 0.3) is 0 Å². The van der Waals surface area contributed by atoms with Crippen LogP contribution in [0.5, 0.6) is 0 Å². The van der Waals surface area contributed by atoms with Crippen LogP contribution in [0.15, 0.2) is 36.5 Å². The number of allylic oxidation sites excluding steroid dienone is 4. The maximum absolute atomic E-state index is 11.8. The van der Waals surface area contributed by atoms with Gasteiger partial charge in [-0.3, -0.25) is 4.79 Å². The number of carbonyl (C=O) groups excluding carboxylic acids is 1. The maximum atomic E-state index is 11.8. The van der Waals surface area contributed by atoms with Gasteiger partial charge >= 0.3 is 0 Å². The molecule has 1 nitrogen and oxygen atoms in total. The number of Topliss-reactive ketones (excluding diaryl/α,β-unsaturated/α-hetero) is 1. The largest absolute Gasteiger partial charge is 0.289 e. The third-order valence-electron chi connectivity index (χ3n) is 2.53. The first-order valence-electron chi connectivity index (χ1n) is 5.30. The Morgan fingerprint density at radius 3 is 2.53 bits per heavy atom. The fourth-order valence-electron chi connectivity index (χ4n) is 1.55. The highest BCUT2D eigenvalue weighted by molar-refractivity contribution is 7.97. The van der Waals surface area contributed by atoms with Gasteiger partial charge < -0.3 is 0 Å². The van der Waals surface area contributed by atoms with Gasteiger partial charge in [-0.05, 0) is 36.7 Å². The predicted octanol–water partition coefficient (Wildman–Crippen LogP) is 2.66. The molecule has 0 atom stereocenters. The van der Waals surface area contributed by atoms with E-state index in [-0.39, 0.29) is 5.78 Å². The molecule has 0 saturated carbocycles. The number of carbonyl (C=O) groups is 1. The highest BCUT2D eigenvalue weighted by Crippen LogP contribution is 2.15. The fraction of sp³-hybridized carbons (Fsp3) is 0.462. The smallest absolute Gasteiger partial charge is 0.211 e. The van der Waals surface area contributed by atoms with Gasteiger partial charge in [-0.1, -0.05) is 24.8 Å². The Morgan fingerprint density at radius 2 is 2.00 bits per heavy atom. The van der Waals surface area contributed by atoms with Crippen LogP contribution in [0.1, 0.15) is 19.8 Å². The molecule has 1 heterocycles. The van der Waals surface area contributed by atoms with Gasteiger partial charge in [0.15, 0.2) is 5.75 Å². The van der Waals surface area contributed by atoms with Gasteiger partial charge in [0.2, 0.25) is 5.78 Å².